The summed E-state index contributed by atoms with van der Waals surface area (Å²) in [6.45, 7) is 3.62. The first-order chi connectivity index (χ1) is 12.6. The molecule has 0 amide bonds. The number of piperazine rings is 1. The Balaban J connectivity index is 1.41. The molecule has 5 nitrogen and oxygen atoms in total. The van der Waals surface area contributed by atoms with Crippen molar-refractivity contribution in [2.45, 2.75) is 0 Å². The zero-order valence-electron chi connectivity index (χ0n) is 14.1. The molecule has 1 heterocycles. The van der Waals surface area contributed by atoms with Crippen LogP contribution in [0.3, 0.4) is 0 Å². The van der Waals surface area contributed by atoms with Gasteiger partial charge in [0.05, 0.1) is 0 Å². The van der Waals surface area contributed by atoms with Crippen molar-refractivity contribution in [3.05, 3.63) is 59.1 Å². The molecule has 0 spiro atoms. The largest absolute Gasteiger partial charge is 0.368 e. The third kappa shape index (κ3) is 5.30. The van der Waals surface area contributed by atoms with Crippen molar-refractivity contribution in [2.75, 3.05) is 36.4 Å². The zero-order chi connectivity index (χ0) is 18.4. The van der Waals surface area contributed by atoms with Crippen molar-refractivity contribution in [1.82, 2.24) is 15.8 Å². The molecule has 8 heteroatoms. The predicted octanol–water partition coefficient (Wildman–Crippen LogP) is 3.35. The molecule has 2 aromatic carbocycles. The maximum Gasteiger partial charge on any atom is 0.189 e. The standard InChI is InChI=1S/C18H20BrN5S2/c19-14-6-8-15(9-7-14)20-17(25)21-22-18(26)24-12-10-23(11-13-24)16-4-2-1-3-5-16/h1-9H,10-13H2,(H,22,26)(H2,20,21,25). The number of nitrogens with one attached hydrogen (secondary N) is 3. The summed E-state index contributed by atoms with van der Waals surface area (Å²) >= 11 is 14.2. The van der Waals surface area contributed by atoms with Gasteiger partial charge in [-0.1, -0.05) is 34.1 Å². The summed E-state index contributed by atoms with van der Waals surface area (Å²) in [6, 6.07) is 18.2. The lowest BCUT2D eigenvalue weighted by atomic mass is 10.2. The molecule has 0 unspecified atom stereocenters. The van der Waals surface area contributed by atoms with Crippen LogP contribution in [0.1, 0.15) is 0 Å². The minimum Gasteiger partial charge on any atom is -0.368 e. The molecule has 0 atom stereocenters. The van der Waals surface area contributed by atoms with E-state index < -0.39 is 0 Å². The van der Waals surface area contributed by atoms with Gasteiger partial charge in [-0.25, -0.2) is 0 Å². The van der Waals surface area contributed by atoms with Gasteiger partial charge in [0.1, 0.15) is 0 Å². The van der Waals surface area contributed by atoms with Gasteiger partial charge in [0, 0.05) is 42.0 Å². The molecule has 3 rings (SSSR count). The van der Waals surface area contributed by atoms with Crippen LogP contribution in [0.5, 0.6) is 0 Å². The molecule has 0 aliphatic carbocycles. The molecule has 3 N–H and O–H groups in total. The van der Waals surface area contributed by atoms with Crippen LogP contribution in [0.2, 0.25) is 0 Å². The number of benzene rings is 2. The van der Waals surface area contributed by atoms with Gasteiger partial charge in [-0.05, 0) is 60.8 Å². The molecule has 0 saturated carbocycles. The Kier molecular flexibility index (Phi) is 6.65. The maximum absolute atomic E-state index is 5.47. The highest BCUT2D eigenvalue weighted by Crippen LogP contribution is 2.16. The van der Waals surface area contributed by atoms with Crippen molar-refractivity contribution in [2.24, 2.45) is 0 Å². The van der Waals surface area contributed by atoms with E-state index in [-0.39, 0.29) is 0 Å². The quantitative estimate of drug-likeness (QED) is 0.479. The van der Waals surface area contributed by atoms with E-state index in [0.29, 0.717) is 10.2 Å². The topological polar surface area (TPSA) is 42.6 Å². The Morgan fingerprint density at radius 1 is 0.846 bits per heavy atom. The van der Waals surface area contributed by atoms with Gasteiger partial charge < -0.3 is 15.1 Å². The van der Waals surface area contributed by atoms with E-state index in [2.05, 4.69) is 66.2 Å². The first kappa shape index (κ1) is 18.9. The summed E-state index contributed by atoms with van der Waals surface area (Å²) in [5.74, 6) is 0. The molecular weight excluding hydrogens is 430 g/mol. The number of anilines is 2. The molecule has 1 saturated heterocycles. The third-order valence-corrected chi connectivity index (χ3v) is 5.17. The average molecular weight is 450 g/mol. The number of nitrogens with zero attached hydrogens (tertiary/aromatic N) is 2. The summed E-state index contributed by atoms with van der Waals surface area (Å²) in [6.07, 6.45) is 0. The summed E-state index contributed by atoms with van der Waals surface area (Å²) in [4.78, 5) is 4.51. The summed E-state index contributed by atoms with van der Waals surface area (Å²) in [5.41, 5.74) is 8.13. The van der Waals surface area contributed by atoms with Crippen molar-refractivity contribution >= 4 is 62.0 Å². The van der Waals surface area contributed by atoms with Crippen molar-refractivity contribution < 1.29 is 0 Å². The molecule has 2 aromatic rings. The molecule has 26 heavy (non-hydrogen) atoms. The molecular formula is C18H20BrN5S2. The highest BCUT2D eigenvalue weighted by molar-refractivity contribution is 9.10. The predicted molar refractivity (Wildman–Crippen MR) is 119 cm³/mol. The minimum absolute atomic E-state index is 0.470. The normalized spacial score (nSPS) is 13.9. The second-order valence-electron chi connectivity index (χ2n) is 5.83. The van der Waals surface area contributed by atoms with Crippen LogP contribution in [0.4, 0.5) is 11.4 Å². The van der Waals surface area contributed by atoms with Gasteiger partial charge in [-0.3, -0.25) is 10.9 Å². The second kappa shape index (κ2) is 9.16. The molecule has 0 radical (unpaired) electrons. The van der Waals surface area contributed by atoms with Gasteiger partial charge in [-0.15, -0.1) is 0 Å². The smallest absolute Gasteiger partial charge is 0.189 e. The number of rotatable bonds is 2. The number of hydrogen-bond acceptors (Lipinski definition) is 3. The van der Waals surface area contributed by atoms with Gasteiger partial charge in [0.15, 0.2) is 10.2 Å². The number of hydrazine groups is 1. The lowest BCUT2D eigenvalue weighted by Crippen LogP contribution is -2.55. The van der Waals surface area contributed by atoms with Crippen molar-refractivity contribution in [3.8, 4) is 0 Å². The van der Waals surface area contributed by atoms with Crippen LogP contribution in [0.25, 0.3) is 0 Å². The van der Waals surface area contributed by atoms with Gasteiger partial charge in [-0.2, -0.15) is 0 Å². The Labute approximate surface area is 172 Å². The summed E-state index contributed by atoms with van der Waals surface area (Å²) in [5, 5.41) is 4.23. The van der Waals surface area contributed by atoms with Crippen molar-refractivity contribution in [3.63, 3.8) is 0 Å². The molecule has 136 valence electrons. The number of hydrogen-bond donors (Lipinski definition) is 3. The monoisotopic (exact) mass is 449 g/mol. The maximum atomic E-state index is 5.47. The van der Waals surface area contributed by atoms with Crippen molar-refractivity contribution in [1.29, 1.82) is 0 Å². The van der Waals surface area contributed by atoms with E-state index in [4.69, 9.17) is 24.4 Å². The SMILES string of the molecule is S=C(NNC(=S)N1CCN(c2ccccc2)CC1)Nc1ccc(Br)cc1. The van der Waals surface area contributed by atoms with E-state index in [1.165, 1.54) is 5.69 Å². The third-order valence-electron chi connectivity index (χ3n) is 4.07. The fourth-order valence-corrected chi connectivity index (χ4v) is 3.36. The van der Waals surface area contributed by atoms with Crippen LogP contribution in [0.15, 0.2) is 59.1 Å². The fourth-order valence-electron chi connectivity index (χ4n) is 2.69. The average Bonchev–Trinajstić information content (AvgIpc) is 2.69. The zero-order valence-corrected chi connectivity index (χ0v) is 17.3. The lowest BCUT2D eigenvalue weighted by Gasteiger charge is -2.37. The molecule has 0 bridgehead atoms. The van der Waals surface area contributed by atoms with Crippen LogP contribution >= 0.6 is 40.4 Å². The molecule has 1 aliphatic heterocycles. The lowest BCUT2D eigenvalue weighted by molar-refractivity contribution is 0.378. The van der Waals surface area contributed by atoms with E-state index in [0.717, 1.165) is 36.3 Å². The van der Waals surface area contributed by atoms with Crippen LogP contribution in [-0.2, 0) is 0 Å². The van der Waals surface area contributed by atoms with Crippen LogP contribution in [0, 0.1) is 0 Å². The van der Waals surface area contributed by atoms with Gasteiger partial charge in [0.25, 0.3) is 0 Å². The van der Waals surface area contributed by atoms with Gasteiger partial charge >= 0.3 is 0 Å². The summed E-state index contributed by atoms with van der Waals surface area (Å²) in [7, 11) is 0. The number of thiocarbonyl (C=S) groups is 2. The van der Waals surface area contributed by atoms with Gasteiger partial charge in [0.2, 0.25) is 0 Å². The molecule has 1 fully saturated rings. The Hall–Kier alpha value is -1.90. The fraction of sp³-hybridized carbons (Fsp3) is 0.222. The first-order valence-corrected chi connectivity index (χ1v) is 9.90. The Morgan fingerprint density at radius 2 is 1.50 bits per heavy atom. The Morgan fingerprint density at radius 3 is 2.15 bits per heavy atom. The second-order valence-corrected chi connectivity index (χ2v) is 7.54. The van der Waals surface area contributed by atoms with Crippen LogP contribution in [-0.4, -0.2) is 41.3 Å². The molecule has 0 aromatic heterocycles. The number of halogens is 1. The number of para-hydroxylation sites is 1. The highest BCUT2D eigenvalue weighted by Gasteiger charge is 2.19. The minimum atomic E-state index is 0.470. The van der Waals surface area contributed by atoms with E-state index in [1.807, 2.05) is 30.3 Å². The van der Waals surface area contributed by atoms with Crippen LogP contribution < -0.4 is 21.1 Å². The molecule has 1 aliphatic rings. The highest BCUT2D eigenvalue weighted by atomic mass is 79.9. The summed E-state index contributed by atoms with van der Waals surface area (Å²) < 4.78 is 1.02. The van der Waals surface area contributed by atoms with E-state index in [1.54, 1.807) is 0 Å². The Bertz CT molecular complexity index is 746. The first-order valence-electron chi connectivity index (χ1n) is 8.29. The van der Waals surface area contributed by atoms with E-state index >= 15 is 0 Å². The van der Waals surface area contributed by atoms with E-state index in [9.17, 15) is 0 Å².